The van der Waals surface area contributed by atoms with Gasteiger partial charge in [0.15, 0.2) is 0 Å². The predicted molar refractivity (Wildman–Crippen MR) is 79.7 cm³/mol. The lowest BCUT2D eigenvalue weighted by Crippen LogP contribution is -2.29. The van der Waals surface area contributed by atoms with Gasteiger partial charge in [-0.1, -0.05) is 24.3 Å². The molecule has 4 heteroatoms. The first kappa shape index (κ1) is 13.4. The number of anilines is 1. The summed E-state index contributed by atoms with van der Waals surface area (Å²) in [6, 6.07) is 12.9. The van der Waals surface area contributed by atoms with Crippen LogP contribution in [0.4, 0.5) is 5.69 Å². The topological polar surface area (TPSA) is 46.6 Å². The number of Topliss-reactive ketones (excluding diaryl/α,β-unsaturated/α-hetero) is 1. The molecule has 21 heavy (non-hydrogen) atoms. The number of amides is 1. The summed E-state index contributed by atoms with van der Waals surface area (Å²) < 4.78 is 5.19. The molecule has 1 aliphatic rings. The molecule has 0 radical (unpaired) electrons. The van der Waals surface area contributed by atoms with Crippen molar-refractivity contribution >= 4 is 17.4 Å². The van der Waals surface area contributed by atoms with Crippen LogP contribution in [0.3, 0.4) is 0 Å². The molecular formula is C17H15NO3. The van der Waals surface area contributed by atoms with Crippen LogP contribution in [0.2, 0.25) is 0 Å². The van der Waals surface area contributed by atoms with Gasteiger partial charge in [0.05, 0.1) is 24.9 Å². The van der Waals surface area contributed by atoms with Crippen LogP contribution in [0.5, 0.6) is 5.75 Å². The fourth-order valence-corrected chi connectivity index (χ4v) is 2.64. The molecule has 0 saturated carbocycles. The van der Waals surface area contributed by atoms with E-state index in [1.54, 1.807) is 24.1 Å². The first-order valence-corrected chi connectivity index (χ1v) is 6.70. The van der Waals surface area contributed by atoms with Gasteiger partial charge in [0.2, 0.25) is 0 Å². The molecule has 0 atom stereocenters. The SMILES string of the molecule is COc1cccc(CN2C(=O)C(=O)c3cccc(C)c32)c1. The molecule has 4 nitrogen and oxygen atoms in total. The summed E-state index contributed by atoms with van der Waals surface area (Å²) in [5, 5.41) is 0. The number of carbonyl (C=O) groups is 2. The summed E-state index contributed by atoms with van der Waals surface area (Å²) in [6.07, 6.45) is 0. The van der Waals surface area contributed by atoms with Crippen LogP contribution in [0.15, 0.2) is 42.5 Å². The summed E-state index contributed by atoms with van der Waals surface area (Å²) in [7, 11) is 1.60. The number of carbonyl (C=O) groups excluding carboxylic acids is 2. The lowest BCUT2D eigenvalue weighted by molar-refractivity contribution is -0.114. The van der Waals surface area contributed by atoms with Crippen LogP contribution >= 0.6 is 0 Å². The van der Waals surface area contributed by atoms with Crippen LogP contribution in [0.25, 0.3) is 0 Å². The maximum atomic E-state index is 12.2. The first-order valence-electron chi connectivity index (χ1n) is 6.70. The van der Waals surface area contributed by atoms with Gasteiger partial charge in [-0.3, -0.25) is 9.59 Å². The van der Waals surface area contributed by atoms with Gasteiger partial charge in [0, 0.05) is 0 Å². The van der Waals surface area contributed by atoms with E-state index in [4.69, 9.17) is 4.74 Å². The normalized spacial score (nSPS) is 13.5. The summed E-state index contributed by atoms with van der Waals surface area (Å²) in [5.41, 5.74) is 3.06. The van der Waals surface area contributed by atoms with Gasteiger partial charge in [0.1, 0.15) is 5.75 Å². The van der Waals surface area contributed by atoms with Crippen molar-refractivity contribution < 1.29 is 14.3 Å². The van der Waals surface area contributed by atoms with Gasteiger partial charge in [0.25, 0.3) is 11.7 Å². The maximum Gasteiger partial charge on any atom is 0.299 e. The Morgan fingerprint density at radius 1 is 1.10 bits per heavy atom. The highest BCUT2D eigenvalue weighted by Gasteiger charge is 2.36. The van der Waals surface area contributed by atoms with Gasteiger partial charge in [-0.05, 0) is 36.2 Å². The smallest absolute Gasteiger partial charge is 0.299 e. The molecule has 3 rings (SSSR count). The highest BCUT2D eigenvalue weighted by atomic mass is 16.5. The van der Waals surface area contributed by atoms with Gasteiger partial charge in [-0.2, -0.15) is 0 Å². The zero-order valence-electron chi connectivity index (χ0n) is 11.9. The second kappa shape index (κ2) is 5.05. The van der Waals surface area contributed by atoms with Crippen molar-refractivity contribution in [3.8, 4) is 5.75 Å². The average molecular weight is 281 g/mol. The molecule has 2 aromatic carbocycles. The lowest BCUT2D eigenvalue weighted by atomic mass is 10.1. The molecule has 0 fully saturated rings. The number of benzene rings is 2. The van der Waals surface area contributed by atoms with Crippen molar-refractivity contribution in [3.63, 3.8) is 0 Å². The monoisotopic (exact) mass is 281 g/mol. The minimum absolute atomic E-state index is 0.361. The van der Waals surface area contributed by atoms with Gasteiger partial charge >= 0.3 is 0 Å². The first-order chi connectivity index (χ1) is 10.1. The Balaban J connectivity index is 2.00. The van der Waals surface area contributed by atoms with Gasteiger partial charge < -0.3 is 9.64 Å². The zero-order chi connectivity index (χ0) is 15.0. The standard InChI is InChI=1S/C17H15NO3/c1-11-5-3-8-14-15(11)18(17(20)16(14)19)10-12-6-4-7-13(9-12)21-2/h3-9H,10H2,1-2H3. The Morgan fingerprint density at radius 3 is 2.62 bits per heavy atom. The number of aryl methyl sites for hydroxylation is 1. The molecule has 0 saturated heterocycles. The number of hydrogen-bond donors (Lipinski definition) is 0. The number of methoxy groups -OCH3 is 1. The van der Waals surface area contributed by atoms with Gasteiger partial charge in [-0.15, -0.1) is 0 Å². The van der Waals surface area contributed by atoms with Gasteiger partial charge in [-0.25, -0.2) is 0 Å². The van der Waals surface area contributed by atoms with E-state index < -0.39 is 11.7 Å². The van der Waals surface area contributed by atoms with Crippen molar-refractivity contribution in [1.82, 2.24) is 0 Å². The molecule has 0 spiro atoms. The predicted octanol–water partition coefficient (Wildman–Crippen LogP) is 2.73. The number of ether oxygens (including phenoxy) is 1. The van der Waals surface area contributed by atoms with E-state index in [1.165, 1.54) is 0 Å². The molecule has 0 aromatic heterocycles. The molecule has 0 N–H and O–H groups in total. The quantitative estimate of drug-likeness (QED) is 0.813. The van der Waals surface area contributed by atoms with Crippen LogP contribution < -0.4 is 9.64 Å². The largest absolute Gasteiger partial charge is 0.497 e. The average Bonchev–Trinajstić information content (AvgIpc) is 2.74. The Bertz CT molecular complexity index is 737. The Morgan fingerprint density at radius 2 is 1.86 bits per heavy atom. The highest BCUT2D eigenvalue weighted by molar-refractivity contribution is 6.52. The summed E-state index contributed by atoms with van der Waals surface area (Å²) in [4.78, 5) is 25.8. The molecule has 1 amide bonds. The Labute approximate surface area is 123 Å². The number of rotatable bonds is 3. The Kier molecular flexibility index (Phi) is 3.22. The highest BCUT2D eigenvalue weighted by Crippen LogP contribution is 2.33. The maximum absolute atomic E-state index is 12.2. The van der Waals surface area contributed by atoms with Crippen molar-refractivity contribution in [2.75, 3.05) is 12.0 Å². The van der Waals surface area contributed by atoms with Crippen LogP contribution in [0, 0.1) is 6.92 Å². The van der Waals surface area contributed by atoms with E-state index in [9.17, 15) is 9.59 Å². The molecule has 0 aliphatic carbocycles. The van der Waals surface area contributed by atoms with E-state index in [0.29, 0.717) is 12.1 Å². The Hall–Kier alpha value is -2.62. The van der Waals surface area contributed by atoms with Crippen molar-refractivity contribution in [3.05, 3.63) is 59.2 Å². The number of ketones is 1. The summed E-state index contributed by atoms with van der Waals surface area (Å²) >= 11 is 0. The molecule has 106 valence electrons. The second-order valence-electron chi connectivity index (χ2n) is 5.04. The number of fused-ring (bicyclic) bond motifs is 1. The van der Waals surface area contributed by atoms with Crippen molar-refractivity contribution in [1.29, 1.82) is 0 Å². The fraction of sp³-hybridized carbons (Fsp3) is 0.176. The molecule has 1 heterocycles. The molecular weight excluding hydrogens is 266 g/mol. The fourth-order valence-electron chi connectivity index (χ4n) is 2.64. The number of para-hydroxylation sites is 1. The third-order valence-electron chi connectivity index (χ3n) is 3.67. The van der Waals surface area contributed by atoms with E-state index in [0.717, 1.165) is 22.6 Å². The van der Waals surface area contributed by atoms with E-state index >= 15 is 0 Å². The van der Waals surface area contributed by atoms with Crippen molar-refractivity contribution in [2.24, 2.45) is 0 Å². The van der Waals surface area contributed by atoms with E-state index in [2.05, 4.69) is 0 Å². The molecule has 2 aromatic rings. The molecule has 0 bridgehead atoms. The number of hydrogen-bond acceptors (Lipinski definition) is 3. The minimum atomic E-state index is -0.470. The second-order valence-corrected chi connectivity index (χ2v) is 5.04. The third-order valence-corrected chi connectivity index (χ3v) is 3.67. The molecule has 0 unspecified atom stereocenters. The zero-order valence-corrected chi connectivity index (χ0v) is 11.9. The number of nitrogens with zero attached hydrogens (tertiary/aromatic N) is 1. The van der Waals surface area contributed by atoms with E-state index in [1.807, 2.05) is 37.3 Å². The van der Waals surface area contributed by atoms with Crippen LogP contribution in [-0.4, -0.2) is 18.8 Å². The minimum Gasteiger partial charge on any atom is -0.497 e. The summed E-state index contributed by atoms with van der Waals surface area (Å²) in [6.45, 7) is 2.27. The summed E-state index contributed by atoms with van der Waals surface area (Å²) in [5.74, 6) is -0.172. The van der Waals surface area contributed by atoms with Crippen molar-refractivity contribution in [2.45, 2.75) is 13.5 Å². The third kappa shape index (κ3) is 2.18. The lowest BCUT2D eigenvalue weighted by Gasteiger charge is -2.18. The van der Waals surface area contributed by atoms with E-state index in [-0.39, 0.29) is 0 Å². The van der Waals surface area contributed by atoms with Crippen LogP contribution in [0.1, 0.15) is 21.5 Å². The van der Waals surface area contributed by atoms with Crippen LogP contribution in [-0.2, 0) is 11.3 Å². The molecule has 1 aliphatic heterocycles.